The second-order valence-corrected chi connectivity index (χ2v) is 5.64. The van der Waals surface area contributed by atoms with Gasteiger partial charge in [-0.25, -0.2) is 0 Å². The van der Waals surface area contributed by atoms with Gasteiger partial charge in [0.1, 0.15) is 5.75 Å². The first kappa shape index (κ1) is 12.5. The molecule has 0 bridgehead atoms. The third-order valence-electron chi connectivity index (χ3n) is 4.30. The standard InChI is InChI=1S/C18H17NO2/c20-18(19-9-7-14-3-1-2-4-16(14)19)12-13-5-6-17-15(11-13)8-10-21-17/h1-6,11H,7-10,12H2. The zero-order valence-corrected chi connectivity index (χ0v) is 11.8. The van der Waals surface area contributed by atoms with Gasteiger partial charge in [-0.3, -0.25) is 4.79 Å². The van der Waals surface area contributed by atoms with Crippen molar-refractivity contribution in [2.45, 2.75) is 19.3 Å². The highest BCUT2D eigenvalue weighted by atomic mass is 16.5. The molecule has 0 N–H and O–H groups in total. The molecule has 106 valence electrons. The third-order valence-corrected chi connectivity index (χ3v) is 4.30. The monoisotopic (exact) mass is 279 g/mol. The number of amides is 1. The average Bonchev–Trinajstić information content (AvgIpc) is 3.13. The Kier molecular flexibility index (Phi) is 2.92. The van der Waals surface area contributed by atoms with Crippen molar-refractivity contribution in [1.82, 2.24) is 0 Å². The summed E-state index contributed by atoms with van der Waals surface area (Å²) in [5.41, 5.74) is 4.65. The Morgan fingerprint density at radius 3 is 2.95 bits per heavy atom. The van der Waals surface area contributed by atoms with Crippen molar-refractivity contribution in [2.75, 3.05) is 18.1 Å². The van der Waals surface area contributed by atoms with Crippen molar-refractivity contribution >= 4 is 11.6 Å². The van der Waals surface area contributed by atoms with Gasteiger partial charge in [0.05, 0.1) is 13.0 Å². The molecule has 0 saturated heterocycles. The SMILES string of the molecule is O=C(Cc1ccc2c(c1)CCO2)N1CCc2ccccc21. The van der Waals surface area contributed by atoms with E-state index in [2.05, 4.69) is 12.1 Å². The predicted molar refractivity (Wildman–Crippen MR) is 81.8 cm³/mol. The molecule has 0 radical (unpaired) electrons. The Balaban J connectivity index is 1.54. The van der Waals surface area contributed by atoms with E-state index in [-0.39, 0.29) is 5.91 Å². The number of hydrogen-bond donors (Lipinski definition) is 0. The minimum absolute atomic E-state index is 0.179. The molecular weight excluding hydrogens is 262 g/mol. The first-order valence-electron chi connectivity index (χ1n) is 7.44. The molecule has 2 aromatic carbocycles. The van der Waals surface area contributed by atoms with Crippen molar-refractivity contribution in [1.29, 1.82) is 0 Å². The van der Waals surface area contributed by atoms with Gasteiger partial charge in [-0.15, -0.1) is 0 Å². The van der Waals surface area contributed by atoms with Crippen molar-refractivity contribution < 1.29 is 9.53 Å². The Morgan fingerprint density at radius 1 is 1.10 bits per heavy atom. The molecule has 21 heavy (non-hydrogen) atoms. The second kappa shape index (κ2) is 4.92. The molecule has 0 atom stereocenters. The molecule has 1 amide bonds. The number of carbonyl (C=O) groups excluding carboxylic acids is 1. The van der Waals surface area contributed by atoms with Crippen LogP contribution in [0.3, 0.4) is 0 Å². The fraction of sp³-hybridized carbons (Fsp3) is 0.278. The van der Waals surface area contributed by atoms with E-state index in [1.54, 1.807) is 0 Å². The lowest BCUT2D eigenvalue weighted by molar-refractivity contribution is -0.117. The zero-order chi connectivity index (χ0) is 14.2. The van der Waals surface area contributed by atoms with Crippen LogP contribution in [0.25, 0.3) is 0 Å². The molecule has 0 aromatic heterocycles. The molecule has 4 rings (SSSR count). The molecule has 3 heteroatoms. The van der Waals surface area contributed by atoms with E-state index in [9.17, 15) is 4.79 Å². The van der Waals surface area contributed by atoms with E-state index in [1.807, 2.05) is 35.2 Å². The highest BCUT2D eigenvalue weighted by molar-refractivity contribution is 5.96. The van der Waals surface area contributed by atoms with Gasteiger partial charge in [-0.2, -0.15) is 0 Å². The van der Waals surface area contributed by atoms with Gasteiger partial charge in [-0.05, 0) is 35.2 Å². The van der Waals surface area contributed by atoms with Crippen molar-refractivity contribution in [3.05, 3.63) is 59.2 Å². The third kappa shape index (κ3) is 2.19. The number of rotatable bonds is 2. The molecule has 2 aliphatic rings. The maximum absolute atomic E-state index is 12.6. The van der Waals surface area contributed by atoms with E-state index in [0.717, 1.165) is 43.0 Å². The summed E-state index contributed by atoms with van der Waals surface area (Å²) >= 11 is 0. The Hall–Kier alpha value is -2.29. The van der Waals surface area contributed by atoms with Gasteiger partial charge in [0, 0.05) is 18.7 Å². The molecular formula is C18H17NO2. The second-order valence-electron chi connectivity index (χ2n) is 5.64. The summed E-state index contributed by atoms with van der Waals surface area (Å²) < 4.78 is 5.51. The molecule has 2 aliphatic heterocycles. The number of benzene rings is 2. The summed E-state index contributed by atoms with van der Waals surface area (Å²) in [6, 6.07) is 14.3. The van der Waals surface area contributed by atoms with Crippen LogP contribution in [0.4, 0.5) is 5.69 Å². The summed E-state index contributed by atoms with van der Waals surface area (Å²) in [5.74, 6) is 1.15. The predicted octanol–water partition coefficient (Wildman–Crippen LogP) is 2.75. The lowest BCUT2D eigenvalue weighted by Gasteiger charge is -2.17. The first-order chi connectivity index (χ1) is 10.3. The Morgan fingerprint density at radius 2 is 2.00 bits per heavy atom. The van der Waals surface area contributed by atoms with Crippen LogP contribution in [0.15, 0.2) is 42.5 Å². The number of fused-ring (bicyclic) bond motifs is 2. The Labute approximate surface area is 124 Å². The van der Waals surface area contributed by atoms with Crippen LogP contribution < -0.4 is 9.64 Å². The lowest BCUT2D eigenvalue weighted by Crippen LogP contribution is -2.30. The van der Waals surface area contributed by atoms with Gasteiger partial charge in [0.2, 0.25) is 5.91 Å². The van der Waals surface area contributed by atoms with Crippen LogP contribution in [0, 0.1) is 0 Å². The van der Waals surface area contributed by atoms with Gasteiger partial charge >= 0.3 is 0 Å². The van der Waals surface area contributed by atoms with Crippen LogP contribution >= 0.6 is 0 Å². The molecule has 2 aromatic rings. The summed E-state index contributed by atoms with van der Waals surface area (Å²) in [4.78, 5) is 14.5. The minimum atomic E-state index is 0.179. The average molecular weight is 279 g/mol. The van der Waals surface area contributed by atoms with E-state index >= 15 is 0 Å². The number of nitrogens with zero attached hydrogens (tertiary/aromatic N) is 1. The fourth-order valence-corrected chi connectivity index (χ4v) is 3.22. The molecule has 0 aliphatic carbocycles. The number of carbonyl (C=O) groups is 1. The van der Waals surface area contributed by atoms with E-state index in [0.29, 0.717) is 6.42 Å². The quantitative estimate of drug-likeness (QED) is 0.846. The highest BCUT2D eigenvalue weighted by Gasteiger charge is 2.24. The molecule has 0 spiro atoms. The number of hydrogen-bond acceptors (Lipinski definition) is 2. The summed E-state index contributed by atoms with van der Waals surface area (Å²) in [6.07, 6.45) is 2.37. The van der Waals surface area contributed by atoms with E-state index < -0.39 is 0 Å². The molecule has 0 saturated carbocycles. The van der Waals surface area contributed by atoms with Crippen LogP contribution in [-0.2, 0) is 24.1 Å². The van der Waals surface area contributed by atoms with E-state index in [4.69, 9.17) is 4.74 Å². The molecule has 0 fully saturated rings. The van der Waals surface area contributed by atoms with Crippen LogP contribution in [0.5, 0.6) is 5.75 Å². The molecule has 0 unspecified atom stereocenters. The lowest BCUT2D eigenvalue weighted by atomic mass is 10.1. The summed E-state index contributed by atoms with van der Waals surface area (Å²) in [6.45, 7) is 1.55. The van der Waals surface area contributed by atoms with Gasteiger partial charge in [-0.1, -0.05) is 30.3 Å². The maximum atomic E-state index is 12.6. The number of para-hydroxylation sites is 1. The smallest absolute Gasteiger partial charge is 0.231 e. The first-order valence-corrected chi connectivity index (χ1v) is 7.44. The fourth-order valence-electron chi connectivity index (χ4n) is 3.22. The normalized spacial score (nSPS) is 15.5. The Bertz CT molecular complexity index is 708. The largest absolute Gasteiger partial charge is 0.493 e. The van der Waals surface area contributed by atoms with Gasteiger partial charge in [0.25, 0.3) is 0 Å². The van der Waals surface area contributed by atoms with Gasteiger partial charge in [0.15, 0.2) is 0 Å². The van der Waals surface area contributed by atoms with Crippen molar-refractivity contribution in [2.24, 2.45) is 0 Å². The zero-order valence-electron chi connectivity index (χ0n) is 11.8. The van der Waals surface area contributed by atoms with Crippen LogP contribution in [-0.4, -0.2) is 19.1 Å². The highest BCUT2D eigenvalue weighted by Crippen LogP contribution is 2.29. The summed E-state index contributed by atoms with van der Waals surface area (Å²) in [5, 5.41) is 0. The summed E-state index contributed by atoms with van der Waals surface area (Å²) in [7, 11) is 0. The van der Waals surface area contributed by atoms with Crippen LogP contribution in [0.1, 0.15) is 16.7 Å². The number of ether oxygens (including phenoxy) is 1. The topological polar surface area (TPSA) is 29.5 Å². The maximum Gasteiger partial charge on any atom is 0.231 e. The van der Waals surface area contributed by atoms with E-state index in [1.165, 1.54) is 11.1 Å². The van der Waals surface area contributed by atoms with Gasteiger partial charge < -0.3 is 9.64 Å². The van der Waals surface area contributed by atoms with Crippen LogP contribution in [0.2, 0.25) is 0 Å². The minimum Gasteiger partial charge on any atom is -0.493 e. The van der Waals surface area contributed by atoms with Crippen molar-refractivity contribution in [3.8, 4) is 5.75 Å². The van der Waals surface area contributed by atoms with Crippen molar-refractivity contribution in [3.63, 3.8) is 0 Å². The molecule has 2 heterocycles. The molecule has 3 nitrogen and oxygen atoms in total. The number of anilines is 1.